The van der Waals surface area contributed by atoms with E-state index in [4.69, 9.17) is 0 Å². The van der Waals surface area contributed by atoms with Gasteiger partial charge in [-0.3, -0.25) is 0 Å². The third kappa shape index (κ3) is 4.45. The summed E-state index contributed by atoms with van der Waals surface area (Å²) in [5, 5.41) is 3.03. The molecule has 1 aromatic carbocycles. The number of aryl methyl sites for hydroxylation is 1. The van der Waals surface area contributed by atoms with E-state index in [2.05, 4.69) is 47.8 Å². The van der Waals surface area contributed by atoms with Gasteiger partial charge in [0.15, 0.2) is 0 Å². The number of benzene rings is 1. The van der Waals surface area contributed by atoms with Crippen LogP contribution in [0.2, 0.25) is 0 Å². The van der Waals surface area contributed by atoms with Gasteiger partial charge >= 0.3 is 6.03 Å². The van der Waals surface area contributed by atoms with Gasteiger partial charge in [-0.15, -0.1) is 0 Å². The molecule has 1 fully saturated rings. The molecular formula is C21H30N4O. The lowest BCUT2D eigenvalue weighted by atomic mass is 9.87. The Balaban J connectivity index is 1.50. The van der Waals surface area contributed by atoms with Crippen LogP contribution in [0.25, 0.3) is 0 Å². The van der Waals surface area contributed by atoms with Crippen molar-refractivity contribution in [2.45, 2.75) is 52.5 Å². The summed E-state index contributed by atoms with van der Waals surface area (Å²) in [6, 6.07) is 8.18. The molecule has 5 heteroatoms. The summed E-state index contributed by atoms with van der Waals surface area (Å²) in [7, 11) is 0. The topological polar surface area (TPSA) is 50.2 Å². The van der Waals surface area contributed by atoms with E-state index in [-0.39, 0.29) is 11.4 Å². The van der Waals surface area contributed by atoms with Crippen LogP contribution in [0.1, 0.15) is 45.0 Å². The molecule has 0 radical (unpaired) electrons. The molecule has 26 heavy (non-hydrogen) atoms. The largest absolute Gasteiger partial charge is 0.335 e. The molecule has 3 rings (SSSR count). The average Bonchev–Trinajstić information content (AvgIpc) is 3.00. The Morgan fingerprint density at radius 2 is 1.85 bits per heavy atom. The zero-order valence-corrected chi connectivity index (χ0v) is 16.3. The first-order chi connectivity index (χ1) is 12.3. The van der Waals surface area contributed by atoms with Crippen molar-refractivity contribution < 1.29 is 4.79 Å². The van der Waals surface area contributed by atoms with E-state index in [1.165, 1.54) is 5.56 Å². The van der Waals surface area contributed by atoms with Crippen molar-refractivity contribution in [3.05, 3.63) is 48.0 Å². The normalized spacial score (nSPS) is 15.9. The fourth-order valence-corrected chi connectivity index (χ4v) is 3.45. The van der Waals surface area contributed by atoms with Crippen LogP contribution in [0, 0.1) is 12.8 Å². The smallest absolute Gasteiger partial charge is 0.321 e. The first kappa shape index (κ1) is 18.5. The summed E-state index contributed by atoms with van der Waals surface area (Å²) in [5.41, 5.74) is 2.25. The third-order valence-corrected chi connectivity index (χ3v) is 5.28. The second-order valence-electron chi connectivity index (χ2n) is 8.31. The number of amides is 2. The molecule has 0 unspecified atom stereocenters. The molecule has 1 aliphatic heterocycles. The number of nitrogens with one attached hydrogen (secondary N) is 1. The minimum Gasteiger partial charge on any atom is -0.335 e. The van der Waals surface area contributed by atoms with Crippen molar-refractivity contribution in [1.29, 1.82) is 0 Å². The number of hydrogen-bond donors (Lipinski definition) is 1. The predicted octanol–water partition coefficient (Wildman–Crippen LogP) is 4.43. The third-order valence-electron chi connectivity index (χ3n) is 5.28. The second-order valence-corrected chi connectivity index (χ2v) is 8.31. The van der Waals surface area contributed by atoms with Gasteiger partial charge in [-0.1, -0.05) is 32.9 Å². The molecule has 1 N–H and O–H groups in total. The lowest BCUT2D eigenvalue weighted by Crippen LogP contribution is -2.41. The Labute approximate surface area is 156 Å². The van der Waals surface area contributed by atoms with Crippen molar-refractivity contribution in [2.75, 3.05) is 18.4 Å². The van der Waals surface area contributed by atoms with Gasteiger partial charge in [-0.05, 0) is 48.8 Å². The van der Waals surface area contributed by atoms with Gasteiger partial charge in [0.2, 0.25) is 0 Å². The molecule has 140 valence electrons. The van der Waals surface area contributed by atoms with Crippen LogP contribution in [0.4, 0.5) is 10.5 Å². The summed E-state index contributed by atoms with van der Waals surface area (Å²) >= 11 is 0. The van der Waals surface area contributed by atoms with Crippen LogP contribution in [-0.2, 0) is 12.0 Å². The first-order valence-electron chi connectivity index (χ1n) is 9.47. The highest BCUT2D eigenvalue weighted by Crippen LogP contribution is 2.24. The van der Waals surface area contributed by atoms with Crippen molar-refractivity contribution in [2.24, 2.45) is 5.92 Å². The zero-order valence-electron chi connectivity index (χ0n) is 16.3. The number of rotatable bonds is 3. The van der Waals surface area contributed by atoms with Crippen LogP contribution in [0.3, 0.4) is 0 Å². The maximum atomic E-state index is 12.5. The van der Waals surface area contributed by atoms with Gasteiger partial charge in [-0.2, -0.15) is 0 Å². The van der Waals surface area contributed by atoms with E-state index in [0.29, 0.717) is 5.92 Å². The number of aromatic nitrogens is 2. The summed E-state index contributed by atoms with van der Waals surface area (Å²) in [5.74, 6) is 1.67. The highest BCUT2D eigenvalue weighted by Gasteiger charge is 2.23. The quantitative estimate of drug-likeness (QED) is 0.886. The number of imidazole rings is 1. The van der Waals surface area contributed by atoms with E-state index in [1.54, 1.807) is 0 Å². The number of carbonyl (C=O) groups excluding carboxylic acids is 1. The molecule has 2 amide bonds. The maximum absolute atomic E-state index is 12.5. The average molecular weight is 354 g/mol. The Kier molecular flexibility index (Phi) is 5.35. The van der Waals surface area contributed by atoms with Crippen LogP contribution in [0.15, 0.2) is 36.7 Å². The fourth-order valence-electron chi connectivity index (χ4n) is 3.45. The molecule has 0 bridgehead atoms. The van der Waals surface area contributed by atoms with E-state index in [0.717, 1.165) is 44.0 Å². The van der Waals surface area contributed by atoms with Crippen LogP contribution >= 0.6 is 0 Å². The van der Waals surface area contributed by atoms with E-state index >= 15 is 0 Å². The first-order valence-corrected chi connectivity index (χ1v) is 9.47. The SMILES string of the molecule is Cc1nccn1CC1CCN(C(=O)Nc2ccc(C(C)(C)C)cc2)CC1. The Morgan fingerprint density at radius 1 is 1.19 bits per heavy atom. The molecule has 2 aromatic rings. The van der Waals surface area contributed by atoms with Crippen LogP contribution in [0.5, 0.6) is 0 Å². The Morgan fingerprint density at radius 3 is 2.38 bits per heavy atom. The monoisotopic (exact) mass is 354 g/mol. The molecule has 5 nitrogen and oxygen atoms in total. The second kappa shape index (κ2) is 7.52. The number of nitrogens with zero attached hydrogens (tertiary/aromatic N) is 3. The maximum Gasteiger partial charge on any atom is 0.321 e. The molecule has 1 saturated heterocycles. The Hall–Kier alpha value is -2.30. The van der Waals surface area contributed by atoms with Crippen LogP contribution < -0.4 is 5.32 Å². The van der Waals surface area contributed by atoms with Crippen molar-refractivity contribution in [3.63, 3.8) is 0 Å². The van der Waals surface area contributed by atoms with E-state index in [9.17, 15) is 4.79 Å². The standard InChI is InChI=1S/C21H30N4O/c1-16-22-11-14-25(16)15-17-9-12-24(13-10-17)20(26)23-19-7-5-18(6-8-19)21(2,3)4/h5-8,11,14,17H,9-10,12-13,15H2,1-4H3,(H,23,26). The molecule has 0 saturated carbocycles. The number of anilines is 1. The van der Waals surface area contributed by atoms with E-state index < -0.39 is 0 Å². The minimum atomic E-state index is 0.00534. The summed E-state index contributed by atoms with van der Waals surface area (Å²) in [6.07, 6.45) is 5.96. The predicted molar refractivity (Wildman–Crippen MR) is 105 cm³/mol. The molecule has 0 atom stereocenters. The van der Waals surface area contributed by atoms with E-state index in [1.807, 2.05) is 36.4 Å². The highest BCUT2D eigenvalue weighted by atomic mass is 16.2. The van der Waals surface area contributed by atoms with Gasteiger partial charge in [0.05, 0.1) is 0 Å². The van der Waals surface area contributed by atoms with Crippen LogP contribution in [-0.4, -0.2) is 33.6 Å². The summed E-state index contributed by atoms with van der Waals surface area (Å²) in [4.78, 5) is 18.7. The molecular weight excluding hydrogens is 324 g/mol. The number of likely N-dealkylation sites (tertiary alicyclic amines) is 1. The number of piperidine rings is 1. The Bertz CT molecular complexity index is 734. The van der Waals surface area contributed by atoms with Crippen molar-refractivity contribution in [3.8, 4) is 0 Å². The minimum absolute atomic E-state index is 0.00534. The molecule has 0 aliphatic carbocycles. The van der Waals surface area contributed by atoms with Gasteiger partial charge in [-0.25, -0.2) is 9.78 Å². The highest BCUT2D eigenvalue weighted by molar-refractivity contribution is 5.89. The zero-order chi connectivity index (χ0) is 18.7. The molecule has 2 heterocycles. The van der Waals surface area contributed by atoms with Gasteiger partial charge in [0, 0.05) is 37.7 Å². The number of carbonyl (C=O) groups is 1. The molecule has 1 aliphatic rings. The lowest BCUT2D eigenvalue weighted by molar-refractivity contribution is 0.176. The van der Waals surface area contributed by atoms with Crippen molar-refractivity contribution in [1.82, 2.24) is 14.5 Å². The molecule has 1 aromatic heterocycles. The molecule has 0 spiro atoms. The van der Waals surface area contributed by atoms with Gasteiger partial charge in [0.25, 0.3) is 0 Å². The summed E-state index contributed by atoms with van der Waals surface area (Å²) in [6.45, 7) is 11.2. The summed E-state index contributed by atoms with van der Waals surface area (Å²) < 4.78 is 2.21. The fraction of sp³-hybridized carbons (Fsp3) is 0.524. The number of hydrogen-bond acceptors (Lipinski definition) is 2. The lowest BCUT2D eigenvalue weighted by Gasteiger charge is -2.32. The number of urea groups is 1. The van der Waals surface area contributed by atoms with Gasteiger partial charge in [0.1, 0.15) is 5.82 Å². The van der Waals surface area contributed by atoms with Crippen molar-refractivity contribution >= 4 is 11.7 Å². The van der Waals surface area contributed by atoms with Gasteiger partial charge < -0.3 is 14.8 Å².